The van der Waals surface area contributed by atoms with Gasteiger partial charge in [-0.2, -0.15) is 0 Å². The van der Waals surface area contributed by atoms with Gasteiger partial charge in [-0.1, -0.05) is 0 Å². The highest BCUT2D eigenvalue weighted by Crippen LogP contribution is 2.27. The number of ether oxygens (including phenoxy) is 1. The second-order valence-electron chi connectivity index (χ2n) is 5.79. The molecule has 0 bridgehead atoms. The quantitative estimate of drug-likeness (QED) is 0.805. The molecule has 2 unspecified atom stereocenters. The van der Waals surface area contributed by atoms with E-state index in [4.69, 9.17) is 16.3 Å². The summed E-state index contributed by atoms with van der Waals surface area (Å²) in [6, 6.07) is 3.41. The van der Waals surface area contributed by atoms with Gasteiger partial charge >= 0.3 is 0 Å². The second-order valence-corrected chi connectivity index (χ2v) is 6.17. The number of benzene rings is 1. The van der Waals surface area contributed by atoms with Crippen molar-refractivity contribution in [2.45, 2.75) is 39.3 Å². The van der Waals surface area contributed by atoms with Crippen LogP contribution in [0.4, 0.5) is 4.39 Å². The number of imidazole rings is 1. The minimum Gasteiger partial charge on any atom is -0.378 e. The van der Waals surface area contributed by atoms with Gasteiger partial charge in [0.25, 0.3) is 0 Å². The van der Waals surface area contributed by atoms with E-state index in [1.165, 1.54) is 6.07 Å². The monoisotopic (exact) mass is 310 g/mol. The van der Waals surface area contributed by atoms with Gasteiger partial charge < -0.3 is 9.30 Å². The molecule has 1 aromatic carbocycles. The first kappa shape index (κ1) is 14.8. The molecular formula is C16H20ClFN2O. The molecule has 2 atom stereocenters. The van der Waals surface area contributed by atoms with Gasteiger partial charge in [0, 0.05) is 37.4 Å². The Labute approximate surface area is 129 Å². The molecule has 2 heterocycles. The van der Waals surface area contributed by atoms with Crippen LogP contribution < -0.4 is 0 Å². The van der Waals surface area contributed by atoms with Crippen LogP contribution in [0.2, 0.25) is 0 Å². The minimum atomic E-state index is -0.206. The van der Waals surface area contributed by atoms with Crippen molar-refractivity contribution in [3.8, 4) is 0 Å². The molecule has 2 aromatic rings. The average Bonchev–Trinajstić information content (AvgIpc) is 2.98. The number of nitrogens with zero attached hydrogens (tertiary/aromatic N) is 2. The lowest BCUT2D eigenvalue weighted by Gasteiger charge is -2.17. The third-order valence-electron chi connectivity index (χ3n) is 4.38. The largest absolute Gasteiger partial charge is 0.378 e. The lowest BCUT2D eigenvalue weighted by atomic mass is 10.0. The van der Waals surface area contributed by atoms with Gasteiger partial charge in [0.2, 0.25) is 0 Å². The first-order valence-electron chi connectivity index (χ1n) is 7.43. The topological polar surface area (TPSA) is 27.1 Å². The summed E-state index contributed by atoms with van der Waals surface area (Å²) in [7, 11) is 0. The van der Waals surface area contributed by atoms with Crippen LogP contribution in [0.3, 0.4) is 0 Å². The number of rotatable bonds is 4. The Morgan fingerprint density at radius 2 is 2.29 bits per heavy atom. The Morgan fingerprint density at radius 3 is 2.95 bits per heavy atom. The Morgan fingerprint density at radius 1 is 1.48 bits per heavy atom. The zero-order chi connectivity index (χ0) is 15.0. The molecule has 3 nitrogen and oxygen atoms in total. The van der Waals surface area contributed by atoms with Crippen molar-refractivity contribution in [2.24, 2.45) is 5.92 Å². The fourth-order valence-electron chi connectivity index (χ4n) is 3.03. The summed E-state index contributed by atoms with van der Waals surface area (Å²) >= 11 is 5.89. The lowest BCUT2D eigenvalue weighted by molar-refractivity contribution is 0.102. The van der Waals surface area contributed by atoms with E-state index in [1.54, 1.807) is 6.92 Å². The van der Waals surface area contributed by atoms with E-state index in [1.807, 2.05) is 6.07 Å². The van der Waals surface area contributed by atoms with Crippen LogP contribution in [0.15, 0.2) is 12.1 Å². The van der Waals surface area contributed by atoms with Crippen LogP contribution in [0.25, 0.3) is 11.0 Å². The molecule has 21 heavy (non-hydrogen) atoms. The highest BCUT2D eigenvalue weighted by Gasteiger charge is 2.26. The number of halogens is 2. The first-order valence-corrected chi connectivity index (χ1v) is 7.96. The van der Waals surface area contributed by atoms with Crippen LogP contribution >= 0.6 is 11.6 Å². The molecule has 5 heteroatoms. The number of aryl methyl sites for hydroxylation is 2. The maximum Gasteiger partial charge on any atom is 0.128 e. The van der Waals surface area contributed by atoms with E-state index in [9.17, 15) is 4.39 Å². The van der Waals surface area contributed by atoms with E-state index < -0.39 is 0 Å². The van der Waals surface area contributed by atoms with Crippen LogP contribution in [-0.2, 0) is 17.7 Å². The molecule has 0 saturated carbocycles. The Bertz CT molecular complexity index is 655. The molecule has 0 amide bonds. The molecule has 1 saturated heterocycles. The van der Waals surface area contributed by atoms with Crippen molar-refractivity contribution < 1.29 is 9.13 Å². The van der Waals surface area contributed by atoms with Gasteiger partial charge in [0.15, 0.2) is 0 Å². The zero-order valence-corrected chi connectivity index (χ0v) is 13.2. The van der Waals surface area contributed by atoms with Crippen LogP contribution in [0, 0.1) is 18.7 Å². The van der Waals surface area contributed by atoms with Crippen molar-refractivity contribution in [1.82, 2.24) is 9.55 Å². The molecular weight excluding hydrogens is 291 g/mol. The Kier molecular flexibility index (Phi) is 4.18. The molecule has 1 aliphatic heterocycles. The predicted octanol–water partition coefficient (Wildman–Crippen LogP) is 3.69. The van der Waals surface area contributed by atoms with Crippen LogP contribution in [0.1, 0.15) is 24.7 Å². The summed E-state index contributed by atoms with van der Waals surface area (Å²) in [4.78, 5) is 4.57. The van der Waals surface area contributed by atoms with E-state index in [0.717, 1.165) is 30.9 Å². The van der Waals surface area contributed by atoms with Crippen molar-refractivity contribution >= 4 is 22.6 Å². The number of hydrogen-bond donors (Lipinski definition) is 0. The third kappa shape index (κ3) is 2.79. The molecule has 114 valence electrons. The molecule has 0 N–H and O–H groups in total. The van der Waals surface area contributed by atoms with E-state index in [2.05, 4.69) is 16.5 Å². The van der Waals surface area contributed by atoms with Crippen molar-refractivity contribution in [2.75, 3.05) is 12.5 Å². The molecule has 1 fully saturated rings. The first-order chi connectivity index (χ1) is 10.1. The van der Waals surface area contributed by atoms with Crippen molar-refractivity contribution in [3.05, 3.63) is 29.3 Å². The van der Waals surface area contributed by atoms with Gasteiger partial charge in [0.05, 0.1) is 17.1 Å². The molecule has 1 aliphatic rings. The molecule has 3 rings (SSSR count). The minimum absolute atomic E-state index is 0.206. The van der Waals surface area contributed by atoms with Crippen molar-refractivity contribution in [3.63, 3.8) is 0 Å². The summed E-state index contributed by atoms with van der Waals surface area (Å²) in [5, 5.41) is 0. The molecule has 0 spiro atoms. The normalized spacial score (nSPS) is 22.3. The number of aromatic nitrogens is 2. The number of fused-ring (bicyclic) bond motifs is 1. The van der Waals surface area contributed by atoms with Crippen molar-refractivity contribution in [1.29, 1.82) is 0 Å². The van der Waals surface area contributed by atoms with Crippen LogP contribution in [0.5, 0.6) is 0 Å². The maximum atomic E-state index is 13.7. The molecule has 0 radical (unpaired) electrons. The van der Waals surface area contributed by atoms with Crippen LogP contribution in [-0.4, -0.2) is 28.1 Å². The smallest absolute Gasteiger partial charge is 0.128 e. The summed E-state index contributed by atoms with van der Waals surface area (Å²) in [5.41, 5.74) is 2.36. The third-order valence-corrected chi connectivity index (χ3v) is 4.57. The number of hydrogen-bond acceptors (Lipinski definition) is 2. The maximum absolute atomic E-state index is 13.7. The Hall–Kier alpha value is -1.13. The Balaban J connectivity index is 2.04. The zero-order valence-electron chi connectivity index (χ0n) is 12.4. The standard InChI is InChI=1S/C16H20ClFN2O/c1-10-7-15-14(8-13(10)18)19-16(3-5-17)20(15)9-12-4-6-21-11(12)2/h7-8,11-12H,3-6,9H2,1-2H3. The summed E-state index contributed by atoms with van der Waals surface area (Å²) in [5.74, 6) is 1.72. The molecule has 1 aromatic heterocycles. The SMILES string of the molecule is Cc1cc2c(cc1F)nc(CCCl)n2CC1CCOC1C. The highest BCUT2D eigenvalue weighted by atomic mass is 35.5. The van der Waals surface area contributed by atoms with E-state index in [-0.39, 0.29) is 11.9 Å². The van der Waals surface area contributed by atoms with Gasteiger partial charge in [-0.15, -0.1) is 11.6 Å². The van der Waals surface area contributed by atoms with Gasteiger partial charge in [-0.05, 0) is 31.9 Å². The summed E-state index contributed by atoms with van der Waals surface area (Å²) < 4.78 is 21.6. The number of alkyl halides is 1. The van der Waals surface area contributed by atoms with E-state index in [0.29, 0.717) is 29.3 Å². The fraction of sp³-hybridized carbons (Fsp3) is 0.562. The van der Waals surface area contributed by atoms with Gasteiger partial charge in [-0.3, -0.25) is 0 Å². The predicted molar refractivity (Wildman–Crippen MR) is 82.4 cm³/mol. The van der Waals surface area contributed by atoms with Gasteiger partial charge in [0.1, 0.15) is 11.6 Å². The second kappa shape index (κ2) is 5.93. The summed E-state index contributed by atoms with van der Waals surface area (Å²) in [6.45, 7) is 5.57. The average molecular weight is 311 g/mol. The van der Waals surface area contributed by atoms with Gasteiger partial charge in [-0.25, -0.2) is 9.37 Å². The highest BCUT2D eigenvalue weighted by molar-refractivity contribution is 6.17. The lowest BCUT2D eigenvalue weighted by Crippen LogP contribution is -2.19. The fourth-order valence-corrected chi connectivity index (χ4v) is 3.20. The van der Waals surface area contributed by atoms with E-state index >= 15 is 0 Å². The molecule has 0 aliphatic carbocycles. The summed E-state index contributed by atoms with van der Waals surface area (Å²) in [6.07, 6.45) is 2.01.